The van der Waals surface area contributed by atoms with E-state index in [9.17, 15) is 14.9 Å². The molecule has 0 fully saturated rings. The maximum atomic E-state index is 12.4. The van der Waals surface area contributed by atoms with Gasteiger partial charge in [0.25, 0.3) is 5.91 Å². The van der Waals surface area contributed by atoms with Crippen LogP contribution in [0.25, 0.3) is 16.8 Å². The number of rotatable bonds is 5. The number of carbonyl (C=O) groups is 2. The molecule has 140 valence electrons. The van der Waals surface area contributed by atoms with Crippen LogP contribution in [0.3, 0.4) is 0 Å². The van der Waals surface area contributed by atoms with Crippen molar-refractivity contribution < 1.29 is 14.3 Å². The van der Waals surface area contributed by atoms with E-state index in [-0.39, 0.29) is 24.3 Å². The van der Waals surface area contributed by atoms with Crippen LogP contribution < -0.4 is 10.6 Å². The normalized spacial score (nSPS) is 13.7. The quantitative estimate of drug-likeness (QED) is 0.361. The monoisotopic (exact) mass is 374 g/mol. The summed E-state index contributed by atoms with van der Waals surface area (Å²) >= 11 is 0. The summed E-state index contributed by atoms with van der Waals surface area (Å²) in [6, 6.07) is 7.77. The number of anilines is 1. The van der Waals surface area contributed by atoms with Crippen LogP contribution in [-0.4, -0.2) is 30.0 Å². The van der Waals surface area contributed by atoms with Crippen LogP contribution in [0.4, 0.5) is 5.69 Å². The molecule has 0 spiro atoms. The number of hydrogen-bond donors (Lipinski definition) is 2. The van der Waals surface area contributed by atoms with E-state index in [4.69, 9.17) is 4.74 Å². The summed E-state index contributed by atoms with van der Waals surface area (Å²) in [7, 11) is 0. The average molecular weight is 374 g/mol. The first-order valence-corrected chi connectivity index (χ1v) is 8.58. The number of ether oxygens (including phenoxy) is 1. The molecule has 1 aliphatic heterocycles. The third-order valence-electron chi connectivity index (χ3n) is 4.12. The molecule has 0 radical (unpaired) electrons. The molecule has 2 heterocycles. The second-order valence-corrected chi connectivity index (χ2v) is 6.16. The molecule has 0 atom stereocenters. The Hall–Kier alpha value is -3.92. The van der Waals surface area contributed by atoms with Crippen molar-refractivity contribution in [2.75, 3.05) is 18.5 Å². The van der Waals surface area contributed by atoms with E-state index in [0.29, 0.717) is 5.70 Å². The zero-order chi connectivity index (χ0) is 20.1. The van der Waals surface area contributed by atoms with Crippen LogP contribution in [0.2, 0.25) is 0 Å². The van der Waals surface area contributed by atoms with Crippen molar-refractivity contribution in [1.82, 2.24) is 10.3 Å². The van der Waals surface area contributed by atoms with Gasteiger partial charge in [-0.2, -0.15) is 5.26 Å². The number of allylic oxidation sites excluding steroid dienone is 1. The SMILES string of the molecule is C=C(C)C(=O)OCCNC(=O)/C(C#N)=C1\C=Cc2ccc3ccncc3c2N1. The predicted octanol–water partition coefficient (Wildman–Crippen LogP) is 2.69. The van der Waals surface area contributed by atoms with E-state index in [1.54, 1.807) is 18.5 Å². The molecule has 2 N–H and O–H groups in total. The Labute approximate surface area is 162 Å². The van der Waals surface area contributed by atoms with Gasteiger partial charge in [-0.25, -0.2) is 4.79 Å². The Morgan fingerprint density at radius 2 is 2.14 bits per heavy atom. The summed E-state index contributed by atoms with van der Waals surface area (Å²) in [4.78, 5) is 27.9. The van der Waals surface area contributed by atoms with Crippen LogP contribution in [0.15, 0.2) is 60.1 Å². The molecular formula is C21H18N4O3. The topological polar surface area (TPSA) is 104 Å². The largest absolute Gasteiger partial charge is 0.460 e. The molecule has 1 aromatic carbocycles. The van der Waals surface area contributed by atoms with Crippen molar-refractivity contribution in [2.24, 2.45) is 0 Å². The lowest BCUT2D eigenvalue weighted by molar-refractivity contribution is -0.139. The number of benzene rings is 1. The fourth-order valence-corrected chi connectivity index (χ4v) is 2.70. The van der Waals surface area contributed by atoms with E-state index >= 15 is 0 Å². The number of carbonyl (C=O) groups excluding carboxylic acids is 2. The van der Waals surface area contributed by atoms with Crippen molar-refractivity contribution in [3.8, 4) is 6.07 Å². The van der Waals surface area contributed by atoms with E-state index in [1.165, 1.54) is 6.92 Å². The molecule has 28 heavy (non-hydrogen) atoms. The molecule has 7 nitrogen and oxygen atoms in total. The number of esters is 1. The lowest BCUT2D eigenvalue weighted by Crippen LogP contribution is -2.30. The maximum Gasteiger partial charge on any atom is 0.333 e. The standard InChI is InChI=1S/C21H18N4O3/c1-13(2)21(27)28-10-9-24-20(26)16(11-22)18-6-5-15-4-3-14-7-8-23-12-17(14)19(15)25-18/h3-8,12,25H,1,9-10H2,2H3,(H,24,26)/b18-16+. The first-order valence-electron chi connectivity index (χ1n) is 8.58. The van der Waals surface area contributed by atoms with Gasteiger partial charge in [0.1, 0.15) is 18.2 Å². The van der Waals surface area contributed by atoms with Crippen molar-refractivity contribution in [1.29, 1.82) is 5.26 Å². The summed E-state index contributed by atoms with van der Waals surface area (Å²) in [5.74, 6) is -1.08. The molecule has 1 aromatic heterocycles. The number of fused-ring (bicyclic) bond motifs is 3. The van der Waals surface area contributed by atoms with Gasteiger partial charge >= 0.3 is 5.97 Å². The first kappa shape index (κ1) is 18.9. The van der Waals surface area contributed by atoms with Crippen molar-refractivity contribution in [2.45, 2.75) is 6.92 Å². The number of hydrogen-bond acceptors (Lipinski definition) is 6. The van der Waals surface area contributed by atoms with Crippen LogP contribution in [0.1, 0.15) is 12.5 Å². The number of pyridine rings is 1. The Morgan fingerprint density at radius 3 is 2.89 bits per heavy atom. The van der Waals surface area contributed by atoms with Crippen LogP contribution in [0, 0.1) is 11.3 Å². The zero-order valence-corrected chi connectivity index (χ0v) is 15.3. The fraction of sp³-hybridized carbons (Fsp3) is 0.143. The van der Waals surface area contributed by atoms with Gasteiger partial charge in [0.15, 0.2) is 0 Å². The zero-order valence-electron chi connectivity index (χ0n) is 15.3. The first-order chi connectivity index (χ1) is 13.5. The highest BCUT2D eigenvalue weighted by Crippen LogP contribution is 2.32. The van der Waals surface area contributed by atoms with Crippen molar-refractivity contribution in [3.05, 3.63) is 65.7 Å². The Morgan fingerprint density at radius 1 is 1.32 bits per heavy atom. The summed E-state index contributed by atoms with van der Waals surface area (Å²) in [6.07, 6.45) is 6.97. The Balaban J connectivity index is 1.76. The molecule has 2 aromatic rings. The van der Waals surface area contributed by atoms with Gasteiger partial charge in [0.2, 0.25) is 0 Å². The minimum atomic E-state index is -0.553. The maximum absolute atomic E-state index is 12.4. The summed E-state index contributed by atoms with van der Waals surface area (Å²) in [6.45, 7) is 5.10. The van der Waals surface area contributed by atoms with E-state index in [1.807, 2.05) is 30.3 Å². The molecule has 0 unspecified atom stereocenters. The van der Waals surface area contributed by atoms with Crippen LogP contribution in [-0.2, 0) is 14.3 Å². The Kier molecular flexibility index (Phi) is 5.51. The van der Waals surface area contributed by atoms with E-state index in [2.05, 4.69) is 22.2 Å². The molecule has 3 rings (SSSR count). The third-order valence-corrected chi connectivity index (χ3v) is 4.12. The highest BCUT2D eigenvalue weighted by Gasteiger charge is 2.18. The second kappa shape index (κ2) is 8.18. The number of aromatic nitrogens is 1. The van der Waals surface area contributed by atoms with Gasteiger partial charge < -0.3 is 15.4 Å². The molecule has 0 aliphatic carbocycles. The molecule has 0 saturated carbocycles. The third kappa shape index (κ3) is 3.91. The van der Waals surface area contributed by atoms with E-state index < -0.39 is 11.9 Å². The molecule has 1 amide bonds. The fourth-order valence-electron chi connectivity index (χ4n) is 2.70. The highest BCUT2D eigenvalue weighted by atomic mass is 16.5. The van der Waals surface area contributed by atoms with Gasteiger partial charge in [-0.1, -0.05) is 24.8 Å². The van der Waals surface area contributed by atoms with Gasteiger partial charge in [-0.15, -0.1) is 0 Å². The van der Waals surface area contributed by atoms with Crippen LogP contribution in [0.5, 0.6) is 0 Å². The lowest BCUT2D eigenvalue weighted by Gasteiger charge is -2.19. The lowest BCUT2D eigenvalue weighted by atomic mass is 10.0. The van der Waals surface area contributed by atoms with Gasteiger partial charge in [-0.05, 0) is 30.0 Å². The smallest absolute Gasteiger partial charge is 0.333 e. The summed E-state index contributed by atoms with van der Waals surface area (Å²) in [5, 5.41) is 17.1. The van der Waals surface area contributed by atoms with Gasteiger partial charge in [-0.3, -0.25) is 9.78 Å². The average Bonchev–Trinajstić information content (AvgIpc) is 2.71. The van der Waals surface area contributed by atoms with E-state index in [0.717, 1.165) is 22.0 Å². The molecule has 7 heteroatoms. The number of nitrogens with one attached hydrogen (secondary N) is 2. The van der Waals surface area contributed by atoms with Crippen LogP contribution >= 0.6 is 0 Å². The van der Waals surface area contributed by atoms with Crippen molar-refractivity contribution in [3.63, 3.8) is 0 Å². The van der Waals surface area contributed by atoms with Gasteiger partial charge in [0, 0.05) is 23.4 Å². The number of amides is 1. The predicted molar refractivity (Wildman–Crippen MR) is 106 cm³/mol. The molecular weight excluding hydrogens is 356 g/mol. The Bertz CT molecular complexity index is 1080. The van der Waals surface area contributed by atoms with Crippen molar-refractivity contribution >= 4 is 34.4 Å². The minimum absolute atomic E-state index is 0.00607. The number of nitriles is 1. The molecule has 0 saturated heterocycles. The van der Waals surface area contributed by atoms with Gasteiger partial charge in [0.05, 0.1) is 17.9 Å². The number of nitrogens with zero attached hydrogens (tertiary/aromatic N) is 2. The summed E-state index contributed by atoms with van der Waals surface area (Å²) in [5.41, 5.74) is 2.34. The second-order valence-electron chi connectivity index (χ2n) is 6.16. The summed E-state index contributed by atoms with van der Waals surface area (Å²) < 4.78 is 4.92. The molecule has 1 aliphatic rings. The molecule has 0 bridgehead atoms. The highest BCUT2D eigenvalue weighted by molar-refractivity contribution is 6.03. The minimum Gasteiger partial charge on any atom is -0.460 e.